The molecule has 0 rings (SSSR count). The lowest BCUT2D eigenvalue weighted by atomic mass is 9.75. The minimum atomic E-state index is -1.42. The van der Waals surface area contributed by atoms with E-state index in [0.717, 1.165) is 25.7 Å². The van der Waals surface area contributed by atoms with Crippen molar-refractivity contribution >= 4 is 23.9 Å². The molecule has 2 atom stereocenters. The molecule has 0 aliphatic heterocycles. The van der Waals surface area contributed by atoms with Gasteiger partial charge in [-0.2, -0.15) is 0 Å². The number of hydrogen-bond acceptors (Lipinski definition) is 4. The van der Waals surface area contributed by atoms with E-state index in [1.54, 1.807) is 0 Å². The zero-order chi connectivity index (χ0) is 18.7. The first-order chi connectivity index (χ1) is 11.2. The molecule has 0 aliphatic rings. The average Bonchev–Trinajstić information content (AvgIpc) is 2.46. The summed E-state index contributed by atoms with van der Waals surface area (Å²) in [5, 5.41) is 36.4. The van der Waals surface area contributed by atoms with Crippen molar-refractivity contribution in [1.82, 2.24) is 0 Å². The molecule has 0 aromatic carbocycles. The van der Waals surface area contributed by atoms with Crippen molar-refractivity contribution in [1.29, 1.82) is 0 Å². The molecule has 0 saturated heterocycles. The number of rotatable bonds is 14. The lowest BCUT2D eigenvalue weighted by molar-refractivity contribution is -0.157. The molecule has 0 aliphatic carbocycles. The molecule has 0 aromatic heterocycles. The Morgan fingerprint density at radius 2 is 1.12 bits per heavy atom. The molecule has 0 aromatic rings. The van der Waals surface area contributed by atoms with Crippen LogP contribution in [0.1, 0.15) is 58.3 Å². The van der Waals surface area contributed by atoms with Crippen molar-refractivity contribution < 1.29 is 39.6 Å². The van der Waals surface area contributed by atoms with Gasteiger partial charge in [-0.25, -0.2) is 0 Å². The fourth-order valence-corrected chi connectivity index (χ4v) is 2.89. The molecule has 0 amide bonds. The van der Waals surface area contributed by atoms with Crippen LogP contribution in [0.3, 0.4) is 0 Å². The van der Waals surface area contributed by atoms with Crippen LogP contribution in [-0.4, -0.2) is 44.3 Å². The van der Waals surface area contributed by atoms with Crippen LogP contribution in [0.5, 0.6) is 0 Å². The van der Waals surface area contributed by atoms with E-state index in [1.165, 1.54) is 0 Å². The Morgan fingerprint density at radius 1 is 0.708 bits per heavy atom. The van der Waals surface area contributed by atoms with Gasteiger partial charge in [-0.3, -0.25) is 19.2 Å². The minimum absolute atomic E-state index is 0.179. The molecule has 8 nitrogen and oxygen atoms in total. The van der Waals surface area contributed by atoms with Crippen LogP contribution in [0, 0.1) is 17.8 Å². The second kappa shape index (κ2) is 11.4. The van der Waals surface area contributed by atoms with E-state index in [1.807, 2.05) is 6.92 Å². The van der Waals surface area contributed by atoms with Crippen molar-refractivity contribution in [2.75, 3.05) is 0 Å². The van der Waals surface area contributed by atoms with Crippen LogP contribution in [-0.2, 0) is 19.2 Å². The summed E-state index contributed by atoms with van der Waals surface area (Å²) >= 11 is 0. The van der Waals surface area contributed by atoms with Crippen LogP contribution in [0.4, 0.5) is 0 Å². The Morgan fingerprint density at radius 3 is 1.46 bits per heavy atom. The summed E-state index contributed by atoms with van der Waals surface area (Å²) in [4.78, 5) is 44.7. The van der Waals surface area contributed by atoms with Crippen LogP contribution >= 0.6 is 0 Å². The summed E-state index contributed by atoms with van der Waals surface area (Å²) in [6.45, 7) is 2.03. The smallest absolute Gasteiger partial charge is 0.307 e. The number of aliphatic carboxylic acids is 4. The van der Waals surface area contributed by atoms with E-state index in [0.29, 0.717) is 6.42 Å². The van der Waals surface area contributed by atoms with Crippen molar-refractivity contribution in [2.45, 2.75) is 58.3 Å². The van der Waals surface area contributed by atoms with Crippen LogP contribution in [0.15, 0.2) is 0 Å². The third-order valence-corrected chi connectivity index (χ3v) is 4.10. The Bertz CT molecular complexity index is 411. The van der Waals surface area contributed by atoms with E-state index in [9.17, 15) is 29.4 Å². The maximum atomic E-state index is 11.4. The number of carboxylic acids is 4. The number of carbonyl (C=O) groups is 4. The first-order valence-corrected chi connectivity index (χ1v) is 8.09. The van der Waals surface area contributed by atoms with Crippen LogP contribution < -0.4 is 0 Å². The number of hydrogen-bond donors (Lipinski definition) is 4. The van der Waals surface area contributed by atoms with E-state index >= 15 is 0 Å². The van der Waals surface area contributed by atoms with Gasteiger partial charge in [0, 0.05) is 0 Å². The lowest BCUT2D eigenvalue weighted by Crippen LogP contribution is -2.36. The molecule has 138 valence electrons. The lowest BCUT2D eigenvalue weighted by Gasteiger charge is -2.27. The topological polar surface area (TPSA) is 149 Å². The molecule has 0 heterocycles. The minimum Gasteiger partial charge on any atom is -0.481 e. The first-order valence-electron chi connectivity index (χ1n) is 8.09. The monoisotopic (exact) mass is 346 g/mol. The van der Waals surface area contributed by atoms with E-state index in [-0.39, 0.29) is 6.42 Å². The van der Waals surface area contributed by atoms with Crippen LogP contribution in [0.2, 0.25) is 0 Å². The van der Waals surface area contributed by atoms with E-state index in [2.05, 4.69) is 0 Å². The number of unbranched alkanes of at least 4 members (excludes halogenated alkanes) is 4. The highest BCUT2D eigenvalue weighted by Crippen LogP contribution is 2.32. The molecule has 2 unspecified atom stereocenters. The van der Waals surface area contributed by atoms with Gasteiger partial charge in [0.1, 0.15) is 0 Å². The quantitative estimate of drug-likeness (QED) is 0.350. The van der Waals surface area contributed by atoms with E-state index in [4.69, 9.17) is 10.2 Å². The Hall–Kier alpha value is -2.12. The second-order valence-electron chi connectivity index (χ2n) is 5.95. The predicted octanol–water partition coefficient (Wildman–Crippen LogP) is 2.31. The predicted molar refractivity (Wildman–Crippen MR) is 83.6 cm³/mol. The fourth-order valence-electron chi connectivity index (χ4n) is 2.89. The van der Waals surface area contributed by atoms with Crippen molar-refractivity contribution in [3.63, 3.8) is 0 Å². The first kappa shape index (κ1) is 21.9. The maximum absolute atomic E-state index is 11.4. The summed E-state index contributed by atoms with van der Waals surface area (Å²) < 4.78 is 0. The largest absolute Gasteiger partial charge is 0.481 e. The molecule has 0 radical (unpaired) electrons. The molecule has 4 N–H and O–H groups in total. The summed E-state index contributed by atoms with van der Waals surface area (Å²) in [7, 11) is 0. The standard InChI is InChI=1S/C16H26O8/c1-2-3-4-5-6-7-10(11(15(21)22)8-13(17)18)12(16(23)24)9-14(19)20/h10-12H,2-9H2,1H3,(H,17,18)(H,19,20)(H,21,22)(H,23,24). The van der Waals surface area contributed by atoms with Crippen molar-refractivity contribution in [3.8, 4) is 0 Å². The van der Waals surface area contributed by atoms with Gasteiger partial charge < -0.3 is 20.4 Å². The average molecular weight is 346 g/mol. The van der Waals surface area contributed by atoms with Gasteiger partial charge in [0.15, 0.2) is 0 Å². The molecule has 0 bridgehead atoms. The van der Waals surface area contributed by atoms with Gasteiger partial charge in [-0.1, -0.05) is 39.0 Å². The summed E-state index contributed by atoms with van der Waals surface area (Å²) in [6.07, 6.45) is 2.96. The Balaban J connectivity index is 5.27. The third kappa shape index (κ3) is 8.50. The molecule has 24 heavy (non-hydrogen) atoms. The highest BCUT2D eigenvalue weighted by atomic mass is 16.4. The van der Waals surface area contributed by atoms with Crippen LogP contribution in [0.25, 0.3) is 0 Å². The molecule has 0 spiro atoms. The second-order valence-corrected chi connectivity index (χ2v) is 5.95. The van der Waals surface area contributed by atoms with Gasteiger partial charge in [0.2, 0.25) is 0 Å². The van der Waals surface area contributed by atoms with Crippen molar-refractivity contribution in [2.24, 2.45) is 17.8 Å². The summed E-state index contributed by atoms with van der Waals surface area (Å²) in [5.74, 6) is -9.40. The Kier molecular flexibility index (Phi) is 10.4. The van der Waals surface area contributed by atoms with Gasteiger partial charge in [0.25, 0.3) is 0 Å². The normalized spacial score (nSPS) is 14.5. The van der Waals surface area contributed by atoms with Gasteiger partial charge in [0.05, 0.1) is 24.7 Å². The molecule has 0 fully saturated rings. The van der Waals surface area contributed by atoms with E-state index < -0.39 is 54.5 Å². The highest BCUT2D eigenvalue weighted by molar-refractivity contribution is 5.81. The summed E-state index contributed by atoms with van der Waals surface area (Å²) in [6, 6.07) is 0. The van der Waals surface area contributed by atoms with Crippen molar-refractivity contribution in [3.05, 3.63) is 0 Å². The fraction of sp³-hybridized carbons (Fsp3) is 0.750. The summed E-state index contributed by atoms with van der Waals surface area (Å²) in [5.41, 5.74) is 0. The number of carboxylic acid groups (broad SMARTS) is 4. The maximum Gasteiger partial charge on any atom is 0.307 e. The highest BCUT2D eigenvalue weighted by Gasteiger charge is 2.39. The zero-order valence-electron chi connectivity index (χ0n) is 13.8. The molecular weight excluding hydrogens is 320 g/mol. The van der Waals surface area contributed by atoms with Gasteiger partial charge in [-0.05, 0) is 12.3 Å². The van der Waals surface area contributed by atoms with Gasteiger partial charge >= 0.3 is 23.9 Å². The zero-order valence-corrected chi connectivity index (χ0v) is 13.8. The molecule has 8 heteroatoms. The molecule has 0 saturated carbocycles. The molecular formula is C16H26O8. The third-order valence-electron chi connectivity index (χ3n) is 4.10. The van der Waals surface area contributed by atoms with Gasteiger partial charge in [-0.15, -0.1) is 0 Å². The SMILES string of the molecule is CCCCCCCC(C(CC(=O)O)C(=O)O)C(CC(=O)O)C(=O)O. The Labute approximate surface area is 140 Å².